The van der Waals surface area contributed by atoms with Gasteiger partial charge in [0.25, 0.3) is 5.91 Å². The number of hydrogen-bond donors (Lipinski definition) is 2. The molecule has 0 aliphatic carbocycles. The summed E-state index contributed by atoms with van der Waals surface area (Å²) in [5.74, 6) is 0.251. The molecule has 0 aliphatic heterocycles. The number of hydrogen-bond acceptors (Lipinski definition) is 6. The number of nitrogens with one attached hydrogen (secondary N) is 2. The highest BCUT2D eigenvalue weighted by molar-refractivity contribution is 7.14. The summed E-state index contributed by atoms with van der Waals surface area (Å²) in [5, 5.41) is 9.71. The average Bonchev–Trinajstić information content (AvgIpc) is 3.23. The van der Waals surface area contributed by atoms with Crippen molar-refractivity contribution in [2.45, 2.75) is 26.3 Å². The van der Waals surface area contributed by atoms with Gasteiger partial charge in [-0.15, -0.1) is 0 Å². The van der Waals surface area contributed by atoms with Gasteiger partial charge in [-0.2, -0.15) is 5.10 Å². The molecule has 26 heavy (non-hydrogen) atoms. The summed E-state index contributed by atoms with van der Waals surface area (Å²) in [4.78, 5) is 28.6. The van der Waals surface area contributed by atoms with Crippen molar-refractivity contribution in [3.63, 3.8) is 0 Å². The lowest BCUT2D eigenvalue weighted by molar-refractivity contribution is -0.123. The molecule has 9 heteroatoms. The van der Waals surface area contributed by atoms with Crippen LogP contribution in [-0.4, -0.2) is 33.0 Å². The van der Waals surface area contributed by atoms with Crippen LogP contribution >= 0.6 is 11.3 Å². The number of carbonyl (C=O) groups excluding carboxylic acids is 2. The van der Waals surface area contributed by atoms with Crippen molar-refractivity contribution < 1.29 is 14.3 Å². The number of ether oxygens (including phenoxy) is 1. The number of carbonyl (C=O) groups is 2. The Morgan fingerprint density at radius 2 is 2.04 bits per heavy atom. The second kappa shape index (κ2) is 7.96. The zero-order valence-corrected chi connectivity index (χ0v) is 15.2. The fraction of sp³-hybridized carbons (Fsp3) is 0.294. The third kappa shape index (κ3) is 4.37. The van der Waals surface area contributed by atoms with E-state index in [1.807, 2.05) is 6.92 Å². The number of imidazole rings is 1. The van der Waals surface area contributed by atoms with Crippen LogP contribution in [0.15, 0.2) is 36.0 Å². The van der Waals surface area contributed by atoms with Gasteiger partial charge in [0.15, 0.2) is 6.61 Å². The van der Waals surface area contributed by atoms with E-state index in [4.69, 9.17) is 4.74 Å². The summed E-state index contributed by atoms with van der Waals surface area (Å²) in [5.41, 5.74) is 3.15. The van der Waals surface area contributed by atoms with E-state index >= 15 is 0 Å². The van der Waals surface area contributed by atoms with E-state index in [1.54, 1.807) is 47.4 Å². The lowest BCUT2D eigenvalue weighted by Gasteiger charge is -2.12. The molecule has 8 nitrogen and oxygen atoms in total. The molecule has 3 rings (SSSR count). The summed E-state index contributed by atoms with van der Waals surface area (Å²) >= 11 is 1.44. The van der Waals surface area contributed by atoms with Crippen LogP contribution in [0.1, 0.15) is 32.0 Å². The molecule has 0 spiro atoms. The summed E-state index contributed by atoms with van der Waals surface area (Å²) < 4.78 is 7.15. The Balaban J connectivity index is 1.48. The number of fused-ring (bicyclic) bond motifs is 1. The minimum Gasteiger partial charge on any atom is -0.484 e. The maximum absolute atomic E-state index is 12.1. The van der Waals surface area contributed by atoms with Crippen LogP contribution in [0.25, 0.3) is 4.96 Å². The van der Waals surface area contributed by atoms with Gasteiger partial charge in [-0.25, -0.2) is 9.50 Å². The summed E-state index contributed by atoms with van der Waals surface area (Å²) in [6, 6.07) is 6.63. The van der Waals surface area contributed by atoms with Crippen LogP contribution in [0.2, 0.25) is 0 Å². The second-order valence-electron chi connectivity index (χ2n) is 5.64. The third-order valence-corrected chi connectivity index (χ3v) is 4.34. The first kappa shape index (κ1) is 17.9. The smallest absolute Gasteiger partial charge is 0.258 e. The third-order valence-electron chi connectivity index (χ3n) is 3.66. The van der Waals surface area contributed by atoms with Crippen LogP contribution in [0.4, 0.5) is 5.69 Å². The van der Waals surface area contributed by atoms with Crippen LogP contribution in [0.3, 0.4) is 0 Å². The molecule has 2 amide bonds. The van der Waals surface area contributed by atoms with Gasteiger partial charge in [0, 0.05) is 12.1 Å². The number of rotatable bonds is 7. The fourth-order valence-electron chi connectivity index (χ4n) is 2.25. The molecule has 0 aliphatic rings. The topological polar surface area (TPSA) is 97.6 Å². The lowest BCUT2D eigenvalue weighted by atomic mass is 10.2. The highest BCUT2D eigenvalue weighted by Gasteiger charge is 2.14. The van der Waals surface area contributed by atoms with Gasteiger partial charge < -0.3 is 15.4 Å². The number of nitrogens with zero attached hydrogens (tertiary/aromatic N) is 3. The predicted molar refractivity (Wildman–Crippen MR) is 98.3 cm³/mol. The lowest BCUT2D eigenvalue weighted by Crippen LogP contribution is -2.31. The van der Waals surface area contributed by atoms with Crippen molar-refractivity contribution in [2.24, 2.45) is 0 Å². The molecular formula is C17H19N5O3S. The van der Waals surface area contributed by atoms with Crippen molar-refractivity contribution in [3.05, 3.63) is 41.7 Å². The maximum Gasteiger partial charge on any atom is 0.258 e. The first-order valence-electron chi connectivity index (χ1n) is 8.16. The maximum atomic E-state index is 12.1. The zero-order chi connectivity index (χ0) is 18.5. The summed E-state index contributed by atoms with van der Waals surface area (Å²) in [6.45, 7) is 3.54. The minimum atomic E-state index is -0.245. The summed E-state index contributed by atoms with van der Waals surface area (Å²) in [6.07, 6.45) is 2.21. The van der Waals surface area contributed by atoms with Crippen LogP contribution in [0, 0.1) is 0 Å². The number of anilines is 1. The quantitative estimate of drug-likeness (QED) is 0.663. The average molecular weight is 373 g/mol. The van der Waals surface area contributed by atoms with Gasteiger partial charge in [0.05, 0.1) is 17.9 Å². The van der Waals surface area contributed by atoms with E-state index in [1.165, 1.54) is 11.3 Å². The molecule has 1 aromatic carbocycles. The number of aromatic nitrogens is 3. The Kier molecular flexibility index (Phi) is 5.47. The highest BCUT2D eigenvalue weighted by Crippen LogP contribution is 2.17. The molecule has 2 aromatic heterocycles. The molecule has 1 atom stereocenters. The van der Waals surface area contributed by atoms with Crippen LogP contribution in [0.5, 0.6) is 5.75 Å². The van der Waals surface area contributed by atoms with E-state index in [9.17, 15) is 9.59 Å². The highest BCUT2D eigenvalue weighted by atomic mass is 32.1. The van der Waals surface area contributed by atoms with Crippen molar-refractivity contribution in [1.29, 1.82) is 0 Å². The van der Waals surface area contributed by atoms with Crippen LogP contribution < -0.4 is 15.4 Å². The van der Waals surface area contributed by atoms with Gasteiger partial charge in [-0.1, -0.05) is 18.3 Å². The van der Waals surface area contributed by atoms with Gasteiger partial charge in [0.2, 0.25) is 10.9 Å². The molecule has 3 aromatic rings. The molecule has 0 radical (unpaired) electrons. The molecule has 0 unspecified atom stereocenters. The van der Waals surface area contributed by atoms with Crippen molar-refractivity contribution in [2.75, 3.05) is 11.9 Å². The van der Waals surface area contributed by atoms with E-state index in [0.717, 1.165) is 10.7 Å². The van der Waals surface area contributed by atoms with Crippen molar-refractivity contribution in [1.82, 2.24) is 19.9 Å². The van der Waals surface area contributed by atoms with E-state index in [-0.39, 0.29) is 24.5 Å². The standard InChI is InChI=1S/C17H19N5O3S/c1-3-15(23)20-12-4-6-13(7-5-12)25-9-16(24)19-11(2)14-8-22-17(21-14)26-10-18-22/h4-8,10-11H,3,9H2,1-2H3,(H,19,24)(H,20,23)/t11-/m0/s1. The van der Waals surface area contributed by atoms with Crippen molar-refractivity contribution in [3.8, 4) is 5.75 Å². The first-order valence-corrected chi connectivity index (χ1v) is 9.04. The van der Waals surface area contributed by atoms with E-state index < -0.39 is 0 Å². The predicted octanol–water partition coefficient (Wildman–Crippen LogP) is 2.40. The Morgan fingerprint density at radius 1 is 1.27 bits per heavy atom. The monoisotopic (exact) mass is 373 g/mol. The number of amides is 2. The van der Waals surface area contributed by atoms with Gasteiger partial charge >= 0.3 is 0 Å². The van der Waals surface area contributed by atoms with Gasteiger partial charge in [-0.3, -0.25) is 9.59 Å². The molecule has 2 heterocycles. The first-order chi connectivity index (χ1) is 12.5. The Bertz CT molecular complexity index is 874. The molecule has 136 valence electrons. The Hall–Kier alpha value is -2.94. The molecular weight excluding hydrogens is 354 g/mol. The molecule has 0 saturated heterocycles. The largest absolute Gasteiger partial charge is 0.484 e. The SMILES string of the molecule is CCC(=O)Nc1ccc(OCC(=O)N[C@@H](C)c2cn3ncsc3n2)cc1. The minimum absolute atomic E-state index is 0.0543. The molecule has 2 N–H and O–H groups in total. The Labute approximate surface area is 154 Å². The number of benzene rings is 1. The fourth-order valence-corrected chi connectivity index (χ4v) is 2.86. The normalized spacial score (nSPS) is 11.9. The van der Waals surface area contributed by atoms with Gasteiger partial charge in [0.1, 0.15) is 11.3 Å². The molecule has 0 fully saturated rings. The van der Waals surface area contributed by atoms with Crippen LogP contribution in [-0.2, 0) is 9.59 Å². The van der Waals surface area contributed by atoms with E-state index in [2.05, 4.69) is 20.7 Å². The molecule has 0 bridgehead atoms. The second-order valence-corrected chi connectivity index (χ2v) is 6.45. The Morgan fingerprint density at radius 3 is 2.73 bits per heavy atom. The summed E-state index contributed by atoms with van der Waals surface area (Å²) in [7, 11) is 0. The van der Waals surface area contributed by atoms with Gasteiger partial charge in [-0.05, 0) is 31.2 Å². The van der Waals surface area contributed by atoms with Crippen molar-refractivity contribution >= 4 is 33.8 Å². The molecule has 0 saturated carbocycles. The van der Waals surface area contributed by atoms with E-state index in [0.29, 0.717) is 17.9 Å². The zero-order valence-electron chi connectivity index (χ0n) is 14.4.